The normalized spacial score (nSPS) is 15.4. The maximum absolute atomic E-state index is 10.5. The fourth-order valence-corrected chi connectivity index (χ4v) is 3.94. The lowest BCUT2D eigenvalue weighted by Crippen LogP contribution is -2.40. The second-order valence-electron chi connectivity index (χ2n) is 7.68. The molecule has 1 aliphatic heterocycles. The van der Waals surface area contributed by atoms with Crippen molar-refractivity contribution >= 4 is 0 Å². The predicted octanol–water partition coefficient (Wildman–Crippen LogP) is 2.89. The molecule has 5 heteroatoms. The third-order valence-corrected chi connectivity index (χ3v) is 5.40. The van der Waals surface area contributed by atoms with Gasteiger partial charge in [-0.1, -0.05) is 48.0 Å². The summed E-state index contributed by atoms with van der Waals surface area (Å²) < 4.78 is 0. The Labute approximate surface area is 166 Å². The molecule has 0 amide bonds. The van der Waals surface area contributed by atoms with Gasteiger partial charge < -0.3 is 10.4 Å². The molecule has 146 valence electrons. The van der Waals surface area contributed by atoms with E-state index in [1.807, 2.05) is 6.20 Å². The van der Waals surface area contributed by atoms with Crippen LogP contribution in [0.15, 0.2) is 54.7 Å². The number of benzene rings is 2. The van der Waals surface area contributed by atoms with Gasteiger partial charge in [0, 0.05) is 43.9 Å². The number of nitrogens with zero attached hydrogens (tertiary/aromatic N) is 2. The predicted molar refractivity (Wildman–Crippen MR) is 112 cm³/mol. The first-order valence-electron chi connectivity index (χ1n) is 9.96. The van der Waals surface area contributed by atoms with Crippen LogP contribution in [0.3, 0.4) is 0 Å². The summed E-state index contributed by atoms with van der Waals surface area (Å²) in [6, 6.07) is 17.0. The lowest BCUT2D eigenvalue weighted by molar-refractivity contribution is 0.104. The van der Waals surface area contributed by atoms with Gasteiger partial charge in [-0.3, -0.25) is 10.00 Å². The van der Waals surface area contributed by atoms with Gasteiger partial charge in [0.25, 0.3) is 0 Å². The van der Waals surface area contributed by atoms with Gasteiger partial charge in [0.15, 0.2) is 0 Å². The van der Waals surface area contributed by atoms with Crippen LogP contribution < -0.4 is 5.32 Å². The molecule has 0 fully saturated rings. The largest absolute Gasteiger partial charge is 0.390 e. The topological polar surface area (TPSA) is 64.2 Å². The van der Waals surface area contributed by atoms with E-state index in [0.717, 1.165) is 36.3 Å². The number of hydrogen-bond donors (Lipinski definition) is 3. The summed E-state index contributed by atoms with van der Waals surface area (Å²) in [6.07, 6.45) is 2.53. The Hall–Kier alpha value is -2.47. The fraction of sp³-hybridized carbons (Fsp3) is 0.348. The Morgan fingerprint density at radius 3 is 2.89 bits per heavy atom. The monoisotopic (exact) mass is 376 g/mol. The number of β-amino-alcohol motifs (C(OH)–C–C–N with tert-alkyl or cyclic N) is 1. The summed E-state index contributed by atoms with van der Waals surface area (Å²) >= 11 is 0. The summed E-state index contributed by atoms with van der Waals surface area (Å²) in [7, 11) is 0. The van der Waals surface area contributed by atoms with Crippen LogP contribution in [0.4, 0.5) is 0 Å². The molecule has 0 bridgehead atoms. The van der Waals surface area contributed by atoms with Crippen LogP contribution in [-0.2, 0) is 19.5 Å². The van der Waals surface area contributed by atoms with Crippen molar-refractivity contribution in [3.05, 3.63) is 77.0 Å². The molecule has 0 saturated carbocycles. The van der Waals surface area contributed by atoms with E-state index in [1.165, 1.54) is 16.7 Å². The molecule has 2 heterocycles. The smallest absolute Gasteiger partial charge is 0.0791 e. The van der Waals surface area contributed by atoms with Gasteiger partial charge in [-0.15, -0.1) is 0 Å². The van der Waals surface area contributed by atoms with E-state index in [4.69, 9.17) is 0 Å². The van der Waals surface area contributed by atoms with Gasteiger partial charge in [0.05, 0.1) is 18.0 Å². The molecule has 5 nitrogen and oxygen atoms in total. The van der Waals surface area contributed by atoms with E-state index < -0.39 is 0 Å². The molecule has 0 radical (unpaired) electrons. The summed E-state index contributed by atoms with van der Waals surface area (Å²) in [4.78, 5) is 2.34. The minimum absolute atomic E-state index is 0.389. The molecule has 2 aromatic carbocycles. The summed E-state index contributed by atoms with van der Waals surface area (Å²) in [5.74, 6) is 0. The van der Waals surface area contributed by atoms with Crippen LogP contribution in [0, 0.1) is 6.92 Å². The van der Waals surface area contributed by atoms with Crippen molar-refractivity contribution in [2.45, 2.75) is 32.5 Å². The number of aliphatic hydroxyl groups excluding tert-OH is 1. The molecule has 3 N–H and O–H groups in total. The van der Waals surface area contributed by atoms with Gasteiger partial charge in [0.1, 0.15) is 0 Å². The molecule has 1 aromatic heterocycles. The maximum atomic E-state index is 10.5. The van der Waals surface area contributed by atoms with Gasteiger partial charge in [-0.05, 0) is 30.5 Å². The van der Waals surface area contributed by atoms with Crippen molar-refractivity contribution in [2.24, 2.45) is 0 Å². The Morgan fingerprint density at radius 1 is 1.18 bits per heavy atom. The molecule has 28 heavy (non-hydrogen) atoms. The Morgan fingerprint density at radius 2 is 2.04 bits per heavy atom. The maximum Gasteiger partial charge on any atom is 0.0791 e. The third-order valence-electron chi connectivity index (χ3n) is 5.40. The first kappa shape index (κ1) is 18.9. The van der Waals surface area contributed by atoms with Crippen LogP contribution in [0.2, 0.25) is 0 Å². The molecule has 0 saturated heterocycles. The zero-order chi connectivity index (χ0) is 19.3. The number of H-pyrrole nitrogens is 1. The standard InChI is InChI=1S/C23H28N4O/c1-17-5-4-8-19(11-17)23-21(13-25-26-23)12-24-14-22(28)16-27-10-9-18-6-2-3-7-20(18)15-27/h2-8,11,13,22,24,28H,9-10,12,14-16H2,1H3,(H,25,26). The van der Waals surface area contributed by atoms with E-state index >= 15 is 0 Å². The van der Waals surface area contributed by atoms with E-state index in [0.29, 0.717) is 19.6 Å². The van der Waals surface area contributed by atoms with Crippen molar-refractivity contribution in [3.63, 3.8) is 0 Å². The minimum Gasteiger partial charge on any atom is -0.390 e. The molecule has 1 aliphatic rings. The Balaban J connectivity index is 1.28. The number of nitrogens with one attached hydrogen (secondary N) is 2. The minimum atomic E-state index is -0.389. The Bertz CT molecular complexity index is 920. The zero-order valence-electron chi connectivity index (χ0n) is 16.4. The number of aromatic nitrogens is 2. The number of aryl methyl sites for hydroxylation is 1. The highest BCUT2D eigenvalue weighted by atomic mass is 16.3. The molecular formula is C23H28N4O. The summed E-state index contributed by atoms with van der Waals surface area (Å²) in [6.45, 7) is 5.96. The highest BCUT2D eigenvalue weighted by Crippen LogP contribution is 2.22. The lowest BCUT2D eigenvalue weighted by Gasteiger charge is -2.30. The SMILES string of the molecule is Cc1cccc(-c2[nH]ncc2CNCC(O)CN2CCc3ccccc3C2)c1. The third kappa shape index (κ3) is 4.50. The second-order valence-corrected chi connectivity index (χ2v) is 7.68. The lowest BCUT2D eigenvalue weighted by atomic mass is 10.00. The molecule has 0 spiro atoms. The second kappa shape index (κ2) is 8.69. The van der Waals surface area contributed by atoms with Crippen LogP contribution in [0.5, 0.6) is 0 Å². The fourth-order valence-electron chi connectivity index (χ4n) is 3.94. The first-order chi connectivity index (χ1) is 13.7. The van der Waals surface area contributed by atoms with E-state index in [9.17, 15) is 5.11 Å². The Kier molecular flexibility index (Phi) is 5.86. The molecule has 3 aromatic rings. The van der Waals surface area contributed by atoms with E-state index in [2.05, 4.69) is 75.9 Å². The van der Waals surface area contributed by atoms with Crippen molar-refractivity contribution in [1.29, 1.82) is 0 Å². The average Bonchev–Trinajstić information content (AvgIpc) is 3.16. The molecule has 4 rings (SSSR count). The number of aliphatic hydroxyl groups is 1. The van der Waals surface area contributed by atoms with Crippen LogP contribution in [0.1, 0.15) is 22.3 Å². The van der Waals surface area contributed by atoms with Gasteiger partial charge >= 0.3 is 0 Å². The average molecular weight is 377 g/mol. The highest BCUT2D eigenvalue weighted by molar-refractivity contribution is 5.63. The van der Waals surface area contributed by atoms with Gasteiger partial charge in [-0.25, -0.2) is 0 Å². The quantitative estimate of drug-likeness (QED) is 0.593. The number of aromatic amines is 1. The number of rotatable bonds is 7. The van der Waals surface area contributed by atoms with Gasteiger partial charge in [-0.2, -0.15) is 5.10 Å². The molecule has 1 unspecified atom stereocenters. The summed E-state index contributed by atoms with van der Waals surface area (Å²) in [5.41, 5.74) is 7.35. The highest BCUT2D eigenvalue weighted by Gasteiger charge is 2.18. The van der Waals surface area contributed by atoms with Crippen LogP contribution >= 0.6 is 0 Å². The number of fused-ring (bicyclic) bond motifs is 1. The molecular weight excluding hydrogens is 348 g/mol. The van der Waals surface area contributed by atoms with Crippen molar-refractivity contribution in [1.82, 2.24) is 20.4 Å². The van der Waals surface area contributed by atoms with Crippen molar-refractivity contribution < 1.29 is 5.11 Å². The van der Waals surface area contributed by atoms with E-state index in [1.54, 1.807) is 0 Å². The number of hydrogen-bond acceptors (Lipinski definition) is 4. The van der Waals surface area contributed by atoms with Crippen LogP contribution in [-0.4, -0.2) is 45.9 Å². The van der Waals surface area contributed by atoms with E-state index in [-0.39, 0.29) is 6.10 Å². The zero-order valence-corrected chi connectivity index (χ0v) is 16.4. The van der Waals surface area contributed by atoms with Crippen molar-refractivity contribution in [3.8, 4) is 11.3 Å². The first-order valence-corrected chi connectivity index (χ1v) is 9.96. The van der Waals surface area contributed by atoms with Crippen molar-refractivity contribution in [2.75, 3.05) is 19.6 Å². The molecule has 1 atom stereocenters. The summed E-state index contributed by atoms with van der Waals surface area (Å²) in [5, 5.41) is 21.2. The van der Waals surface area contributed by atoms with Gasteiger partial charge in [0.2, 0.25) is 0 Å². The molecule has 0 aliphatic carbocycles. The van der Waals surface area contributed by atoms with Crippen LogP contribution in [0.25, 0.3) is 11.3 Å².